The van der Waals surface area contributed by atoms with Crippen LogP contribution < -0.4 is 20.1 Å². The fourth-order valence-corrected chi connectivity index (χ4v) is 4.48. The molecule has 0 bridgehead atoms. The molecule has 33 heavy (non-hydrogen) atoms. The molecule has 2 N–H and O–H groups in total. The first-order chi connectivity index (χ1) is 16.0. The quantitative estimate of drug-likeness (QED) is 0.379. The van der Waals surface area contributed by atoms with Gasteiger partial charge in [0.2, 0.25) is 0 Å². The molecule has 0 spiro atoms. The number of fused-ring (bicyclic) bond motifs is 1. The Balaban J connectivity index is 1.47. The number of hydrogen-bond donors (Lipinski definition) is 2. The van der Waals surface area contributed by atoms with Gasteiger partial charge in [0.05, 0.1) is 14.2 Å². The lowest BCUT2D eigenvalue weighted by Crippen LogP contribution is -2.19. The van der Waals surface area contributed by atoms with Gasteiger partial charge in [-0.2, -0.15) is 14.6 Å². The van der Waals surface area contributed by atoms with Crippen LogP contribution in [-0.4, -0.2) is 39.8 Å². The molecule has 10 heteroatoms. The Labute approximate surface area is 195 Å². The number of amides is 2. The molecule has 0 fully saturated rings. The second kappa shape index (κ2) is 9.78. The predicted octanol–water partition coefficient (Wildman–Crippen LogP) is 4.81. The van der Waals surface area contributed by atoms with E-state index in [1.165, 1.54) is 6.33 Å². The van der Waals surface area contributed by atoms with Crippen LogP contribution in [0.4, 0.5) is 16.2 Å². The van der Waals surface area contributed by atoms with E-state index < -0.39 is 0 Å². The third-order valence-electron chi connectivity index (χ3n) is 4.97. The van der Waals surface area contributed by atoms with Crippen LogP contribution in [0.2, 0.25) is 0 Å². The fraction of sp³-hybridized carbons (Fsp3) is 0.217. The second-order valence-corrected chi connectivity index (χ2v) is 8.18. The van der Waals surface area contributed by atoms with Gasteiger partial charge in [-0.15, -0.1) is 0 Å². The monoisotopic (exact) mass is 464 g/mol. The highest BCUT2D eigenvalue weighted by Crippen LogP contribution is 2.32. The summed E-state index contributed by atoms with van der Waals surface area (Å²) in [5, 5.41) is 10.9. The number of rotatable bonds is 7. The average Bonchev–Trinajstić information content (AvgIpc) is 3.28. The predicted molar refractivity (Wildman–Crippen MR) is 128 cm³/mol. The summed E-state index contributed by atoms with van der Waals surface area (Å²) in [6.07, 6.45) is 2.35. The molecule has 2 aromatic carbocycles. The number of aromatic nitrogens is 4. The summed E-state index contributed by atoms with van der Waals surface area (Å²) in [5.41, 5.74) is 3.31. The first kappa shape index (κ1) is 22.4. The van der Waals surface area contributed by atoms with Gasteiger partial charge < -0.3 is 20.1 Å². The van der Waals surface area contributed by atoms with Gasteiger partial charge in [0.25, 0.3) is 5.78 Å². The van der Waals surface area contributed by atoms with E-state index in [1.807, 2.05) is 31.2 Å². The standard InChI is InChI=1S/C23H24N6O3S/c1-5-20-14(2)26-22-24-13-25-29(22)21(20)33-19-8-6-15(7-9-19)27-23(30)28-16-10-17(31-3)12-18(11-16)32-4/h6-13H,5H2,1-4H3,(H2,27,28,30). The zero-order valence-corrected chi connectivity index (χ0v) is 19.6. The number of nitrogens with one attached hydrogen (secondary N) is 2. The van der Waals surface area contributed by atoms with Gasteiger partial charge in [-0.25, -0.2) is 9.78 Å². The Bertz CT molecular complexity index is 1270. The molecule has 0 unspecified atom stereocenters. The van der Waals surface area contributed by atoms with E-state index in [2.05, 4.69) is 32.6 Å². The van der Waals surface area contributed by atoms with Crippen molar-refractivity contribution in [3.05, 3.63) is 60.0 Å². The number of carbonyl (C=O) groups excluding carboxylic acids is 1. The Morgan fingerprint density at radius 2 is 1.70 bits per heavy atom. The molecule has 9 nitrogen and oxygen atoms in total. The molecule has 0 saturated heterocycles. The summed E-state index contributed by atoms with van der Waals surface area (Å²) in [6, 6.07) is 12.4. The number of carbonyl (C=O) groups is 1. The van der Waals surface area contributed by atoms with E-state index in [-0.39, 0.29) is 6.03 Å². The minimum Gasteiger partial charge on any atom is -0.497 e. The van der Waals surface area contributed by atoms with Crippen LogP contribution in [0, 0.1) is 6.92 Å². The third kappa shape index (κ3) is 5.01. The molecule has 0 radical (unpaired) electrons. The maximum Gasteiger partial charge on any atom is 0.323 e. The molecule has 2 heterocycles. The summed E-state index contributed by atoms with van der Waals surface area (Å²) >= 11 is 1.59. The zero-order valence-electron chi connectivity index (χ0n) is 18.7. The molecule has 0 saturated carbocycles. The van der Waals surface area contributed by atoms with E-state index in [9.17, 15) is 4.79 Å². The maximum absolute atomic E-state index is 12.5. The lowest BCUT2D eigenvalue weighted by Gasteiger charge is -2.13. The smallest absolute Gasteiger partial charge is 0.323 e. The van der Waals surface area contributed by atoms with Gasteiger partial charge in [-0.1, -0.05) is 18.7 Å². The number of nitrogens with zero attached hydrogens (tertiary/aromatic N) is 4. The van der Waals surface area contributed by atoms with E-state index >= 15 is 0 Å². The Hall–Kier alpha value is -3.79. The third-order valence-corrected chi connectivity index (χ3v) is 6.09. The second-order valence-electron chi connectivity index (χ2n) is 7.11. The molecular weight excluding hydrogens is 440 g/mol. The van der Waals surface area contributed by atoms with Gasteiger partial charge in [-0.05, 0) is 37.6 Å². The topological polar surface area (TPSA) is 103 Å². The maximum atomic E-state index is 12.5. The van der Waals surface area contributed by atoms with Crippen LogP contribution in [0.15, 0.2) is 58.7 Å². The minimum absolute atomic E-state index is 0.368. The van der Waals surface area contributed by atoms with Crippen molar-refractivity contribution in [2.75, 3.05) is 24.9 Å². The van der Waals surface area contributed by atoms with Crippen molar-refractivity contribution in [3.63, 3.8) is 0 Å². The molecule has 0 aliphatic carbocycles. The molecule has 4 aromatic rings. The van der Waals surface area contributed by atoms with Gasteiger partial charge in [0, 0.05) is 45.7 Å². The van der Waals surface area contributed by atoms with Crippen LogP contribution in [0.3, 0.4) is 0 Å². The SMILES string of the molecule is CCc1c(C)nc2ncnn2c1Sc1ccc(NC(=O)Nc2cc(OC)cc(OC)c2)cc1. The Morgan fingerprint density at radius 1 is 1.03 bits per heavy atom. The zero-order chi connectivity index (χ0) is 23.4. The highest BCUT2D eigenvalue weighted by Gasteiger charge is 2.15. The van der Waals surface area contributed by atoms with Crippen molar-refractivity contribution in [1.29, 1.82) is 0 Å². The fourth-order valence-electron chi connectivity index (χ4n) is 3.36. The van der Waals surface area contributed by atoms with Crippen LogP contribution in [0.1, 0.15) is 18.2 Å². The number of aryl methyl sites for hydroxylation is 1. The van der Waals surface area contributed by atoms with Crippen molar-refractivity contribution in [1.82, 2.24) is 19.6 Å². The molecule has 2 amide bonds. The molecule has 4 rings (SSSR count). The van der Waals surface area contributed by atoms with Gasteiger partial charge in [0.15, 0.2) is 0 Å². The first-order valence-electron chi connectivity index (χ1n) is 10.3. The van der Waals surface area contributed by atoms with Crippen LogP contribution in [0.5, 0.6) is 11.5 Å². The van der Waals surface area contributed by atoms with Gasteiger partial charge >= 0.3 is 6.03 Å². The number of ether oxygens (including phenoxy) is 2. The summed E-state index contributed by atoms with van der Waals surface area (Å²) < 4.78 is 12.2. The lowest BCUT2D eigenvalue weighted by molar-refractivity contribution is 0.262. The summed E-state index contributed by atoms with van der Waals surface area (Å²) in [7, 11) is 3.12. The summed E-state index contributed by atoms with van der Waals surface area (Å²) in [5.74, 6) is 1.76. The normalized spacial score (nSPS) is 10.8. The number of hydrogen-bond acceptors (Lipinski definition) is 7. The largest absolute Gasteiger partial charge is 0.497 e. The van der Waals surface area contributed by atoms with E-state index in [4.69, 9.17) is 9.47 Å². The van der Waals surface area contributed by atoms with Gasteiger partial charge in [0.1, 0.15) is 22.9 Å². The number of anilines is 2. The Morgan fingerprint density at radius 3 is 2.33 bits per heavy atom. The highest BCUT2D eigenvalue weighted by molar-refractivity contribution is 7.99. The number of methoxy groups -OCH3 is 2. The molecular formula is C23H24N6O3S. The Kier molecular flexibility index (Phi) is 6.64. The molecule has 0 atom stereocenters. The number of urea groups is 1. The van der Waals surface area contributed by atoms with E-state index in [0.717, 1.165) is 27.6 Å². The molecule has 2 aromatic heterocycles. The highest BCUT2D eigenvalue weighted by atomic mass is 32.2. The van der Waals surface area contributed by atoms with Gasteiger partial charge in [-0.3, -0.25) is 0 Å². The molecule has 0 aliphatic rings. The van der Waals surface area contributed by atoms with Crippen LogP contribution in [0.25, 0.3) is 5.78 Å². The van der Waals surface area contributed by atoms with Crippen molar-refractivity contribution in [2.24, 2.45) is 0 Å². The number of benzene rings is 2. The average molecular weight is 465 g/mol. The van der Waals surface area contributed by atoms with E-state index in [1.54, 1.807) is 48.7 Å². The van der Waals surface area contributed by atoms with E-state index in [0.29, 0.717) is 28.7 Å². The van der Waals surface area contributed by atoms with Crippen LogP contribution in [-0.2, 0) is 6.42 Å². The summed E-state index contributed by atoms with van der Waals surface area (Å²) in [4.78, 5) is 22.2. The van der Waals surface area contributed by atoms with Crippen molar-refractivity contribution in [2.45, 2.75) is 30.2 Å². The lowest BCUT2D eigenvalue weighted by atomic mass is 10.2. The van der Waals surface area contributed by atoms with Crippen molar-refractivity contribution >= 4 is 34.9 Å². The van der Waals surface area contributed by atoms with Crippen molar-refractivity contribution in [3.8, 4) is 11.5 Å². The summed E-state index contributed by atoms with van der Waals surface area (Å²) in [6.45, 7) is 4.08. The van der Waals surface area contributed by atoms with Crippen LogP contribution >= 0.6 is 11.8 Å². The molecule has 170 valence electrons. The molecule has 0 aliphatic heterocycles. The minimum atomic E-state index is -0.368. The van der Waals surface area contributed by atoms with Crippen molar-refractivity contribution < 1.29 is 14.3 Å². The first-order valence-corrected chi connectivity index (χ1v) is 11.1.